The zero-order chi connectivity index (χ0) is 21.6. The minimum absolute atomic E-state index is 0.0950. The monoisotopic (exact) mass is 435 g/mol. The molecule has 30 heavy (non-hydrogen) atoms. The fraction of sp³-hybridized carbons (Fsp3) is 0.429. The van der Waals surface area contributed by atoms with Crippen LogP contribution < -0.4 is 10.1 Å². The molecule has 3 rings (SSSR count). The largest absolute Gasteiger partial charge is 0.439 e. The highest BCUT2D eigenvalue weighted by Gasteiger charge is 2.31. The Hall–Kier alpha value is -2.52. The van der Waals surface area contributed by atoms with Crippen molar-refractivity contribution in [2.75, 3.05) is 18.8 Å². The van der Waals surface area contributed by atoms with Crippen LogP contribution >= 0.6 is 0 Å². The number of hydrogen-bond acceptors (Lipinski definition) is 5. The molecule has 0 saturated carbocycles. The zero-order valence-corrected chi connectivity index (χ0v) is 17.7. The molecule has 0 spiro atoms. The first-order valence-corrected chi connectivity index (χ1v) is 11.6. The van der Waals surface area contributed by atoms with Gasteiger partial charge < -0.3 is 10.1 Å². The summed E-state index contributed by atoms with van der Waals surface area (Å²) in [6.07, 6.45) is 3.40. The van der Waals surface area contributed by atoms with Gasteiger partial charge in [0.25, 0.3) is 0 Å². The predicted octanol–water partition coefficient (Wildman–Crippen LogP) is 3.08. The van der Waals surface area contributed by atoms with Gasteiger partial charge in [-0.2, -0.15) is 0 Å². The molecule has 7 nitrogen and oxygen atoms in total. The van der Waals surface area contributed by atoms with E-state index in [0.29, 0.717) is 37.1 Å². The van der Waals surface area contributed by atoms with Crippen LogP contribution in [0.15, 0.2) is 42.6 Å². The molecule has 0 unspecified atom stereocenters. The highest BCUT2D eigenvalue weighted by molar-refractivity contribution is 7.89. The Morgan fingerprint density at radius 2 is 2.17 bits per heavy atom. The number of nitrogens with one attached hydrogen (secondary N) is 1. The van der Waals surface area contributed by atoms with Crippen LogP contribution in [0.3, 0.4) is 0 Å². The summed E-state index contributed by atoms with van der Waals surface area (Å²) in [6, 6.07) is 9.22. The standard InChI is InChI=1S/C21H26FN3O4S/c1-2-12-30(27,28)25-11-5-7-17(15-25)20(26)24-14-16-6-4-10-23-21(16)29-19-9-3-8-18(22)13-19/h3-4,6,8-10,13,17H,2,5,7,11-12,14-15H2,1H3,(H,24,26)/t17-/m0/s1. The van der Waals surface area contributed by atoms with E-state index in [1.165, 1.54) is 22.5 Å². The molecule has 1 fully saturated rings. The van der Waals surface area contributed by atoms with Crippen LogP contribution in [-0.2, 0) is 21.4 Å². The van der Waals surface area contributed by atoms with Gasteiger partial charge in [0.05, 0.1) is 11.7 Å². The average molecular weight is 436 g/mol. The van der Waals surface area contributed by atoms with Gasteiger partial charge >= 0.3 is 0 Å². The maximum atomic E-state index is 13.4. The van der Waals surface area contributed by atoms with Crippen molar-refractivity contribution in [2.45, 2.75) is 32.7 Å². The Bertz CT molecular complexity index is 984. The van der Waals surface area contributed by atoms with Crippen molar-refractivity contribution < 1.29 is 22.3 Å². The van der Waals surface area contributed by atoms with E-state index in [9.17, 15) is 17.6 Å². The van der Waals surface area contributed by atoms with E-state index in [1.807, 2.05) is 6.92 Å². The molecule has 1 aliphatic rings. The normalized spacial score (nSPS) is 17.5. The minimum atomic E-state index is -3.32. The lowest BCUT2D eigenvalue weighted by Gasteiger charge is -2.31. The molecule has 1 amide bonds. The molecule has 9 heteroatoms. The van der Waals surface area contributed by atoms with Crippen LogP contribution in [0, 0.1) is 11.7 Å². The molecular weight excluding hydrogens is 409 g/mol. The van der Waals surface area contributed by atoms with Crippen LogP contribution in [-0.4, -0.2) is 42.5 Å². The fourth-order valence-electron chi connectivity index (χ4n) is 3.42. The van der Waals surface area contributed by atoms with Gasteiger partial charge in [0.15, 0.2) is 0 Å². The Morgan fingerprint density at radius 3 is 2.93 bits per heavy atom. The number of nitrogens with zero attached hydrogens (tertiary/aromatic N) is 2. The van der Waals surface area contributed by atoms with Gasteiger partial charge in [-0.3, -0.25) is 4.79 Å². The molecule has 0 aliphatic carbocycles. The molecule has 0 radical (unpaired) electrons. The van der Waals surface area contributed by atoms with Gasteiger partial charge in [-0.15, -0.1) is 0 Å². The minimum Gasteiger partial charge on any atom is -0.439 e. The summed E-state index contributed by atoms with van der Waals surface area (Å²) in [7, 11) is -3.32. The molecule has 0 bridgehead atoms. The van der Waals surface area contributed by atoms with Crippen molar-refractivity contribution in [3.8, 4) is 11.6 Å². The van der Waals surface area contributed by atoms with Crippen molar-refractivity contribution in [2.24, 2.45) is 5.92 Å². The SMILES string of the molecule is CCCS(=O)(=O)N1CCC[C@H](C(=O)NCc2cccnc2Oc2cccc(F)c2)C1. The summed E-state index contributed by atoms with van der Waals surface area (Å²) >= 11 is 0. The van der Waals surface area contributed by atoms with Gasteiger partial charge in [-0.05, 0) is 37.5 Å². The number of ether oxygens (including phenoxy) is 1. The third kappa shape index (κ3) is 5.76. The van der Waals surface area contributed by atoms with E-state index in [-0.39, 0.29) is 30.6 Å². The number of benzene rings is 1. The maximum absolute atomic E-state index is 13.4. The summed E-state index contributed by atoms with van der Waals surface area (Å²) in [5.74, 6) is -0.332. The third-order valence-electron chi connectivity index (χ3n) is 4.92. The highest BCUT2D eigenvalue weighted by atomic mass is 32.2. The van der Waals surface area contributed by atoms with Gasteiger partial charge in [0.1, 0.15) is 11.6 Å². The molecule has 2 aromatic rings. The lowest BCUT2D eigenvalue weighted by Crippen LogP contribution is -2.45. The second kappa shape index (κ2) is 9.99. The highest BCUT2D eigenvalue weighted by Crippen LogP contribution is 2.24. The van der Waals surface area contributed by atoms with Gasteiger partial charge in [-0.1, -0.05) is 19.1 Å². The van der Waals surface area contributed by atoms with Crippen LogP contribution in [0.25, 0.3) is 0 Å². The molecule has 1 aromatic carbocycles. The molecule has 1 aromatic heterocycles. The predicted molar refractivity (Wildman–Crippen MR) is 111 cm³/mol. The Morgan fingerprint density at radius 1 is 1.33 bits per heavy atom. The summed E-state index contributed by atoms with van der Waals surface area (Å²) < 4.78 is 45.1. The molecule has 162 valence electrons. The number of carbonyl (C=O) groups excluding carboxylic acids is 1. The number of sulfonamides is 1. The first-order chi connectivity index (χ1) is 14.4. The number of rotatable bonds is 8. The Balaban J connectivity index is 1.62. The Labute approximate surface area is 176 Å². The van der Waals surface area contributed by atoms with Gasteiger partial charge in [0.2, 0.25) is 21.8 Å². The van der Waals surface area contributed by atoms with E-state index in [4.69, 9.17) is 4.74 Å². The van der Waals surface area contributed by atoms with Crippen molar-refractivity contribution in [3.63, 3.8) is 0 Å². The zero-order valence-electron chi connectivity index (χ0n) is 16.9. The number of pyridine rings is 1. The van der Waals surface area contributed by atoms with Crippen molar-refractivity contribution in [1.82, 2.24) is 14.6 Å². The molecule has 1 N–H and O–H groups in total. The van der Waals surface area contributed by atoms with Gasteiger partial charge in [0, 0.05) is 37.5 Å². The van der Waals surface area contributed by atoms with Crippen LogP contribution in [0.4, 0.5) is 4.39 Å². The first kappa shape index (κ1) is 22.2. The second-order valence-corrected chi connectivity index (χ2v) is 9.35. The number of amides is 1. The lowest BCUT2D eigenvalue weighted by molar-refractivity contribution is -0.126. The maximum Gasteiger partial charge on any atom is 0.224 e. The van der Waals surface area contributed by atoms with E-state index >= 15 is 0 Å². The summed E-state index contributed by atoms with van der Waals surface area (Å²) in [5.41, 5.74) is 0.640. The topological polar surface area (TPSA) is 88.6 Å². The summed E-state index contributed by atoms with van der Waals surface area (Å²) in [5, 5.41) is 2.86. The number of aromatic nitrogens is 1. The van der Waals surface area contributed by atoms with E-state index in [2.05, 4.69) is 10.3 Å². The molecular formula is C21H26FN3O4S. The first-order valence-electron chi connectivity index (χ1n) is 10.0. The van der Waals surface area contributed by atoms with Crippen LogP contribution in [0.5, 0.6) is 11.6 Å². The smallest absolute Gasteiger partial charge is 0.224 e. The molecule has 1 atom stereocenters. The van der Waals surface area contributed by atoms with E-state index in [0.717, 1.165) is 0 Å². The van der Waals surface area contributed by atoms with E-state index in [1.54, 1.807) is 24.4 Å². The molecule has 1 saturated heterocycles. The molecule has 2 heterocycles. The van der Waals surface area contributed by atoms with Crippen LogP contribution in [0.1, 0.15) is 31.7 Å². The average Bonchev–Trinajstić information content (AvgIpc) is 2.73. The molecule has 1 aliphatic heterocycles. The number of hydrogen-bond donors (Lipinski definition) is 1. The van der Waals surface area contributed by atoms with Gasteiger partial charge in [-0.25, -0.2) is 22.1 Å². The van der Waals surface area contributed by atoms with Crippen molar-refractivity contribution in [3.05, 3.63) is 54.0 Å². The summed E-state index contributed by atoms with van der Waals surface area (Å²) in [6.45, 7) is 2.66. The second-order valence-electron chi connectivity index (χ2n) is 7.26. The van der Waals surface area contributed by atoms with Crippen molar-refractivity contribution >= 4 is 15.9 Å². The summed E-state index contributed by atoms with van der Waals surface area (Å²) in [4.78, 5) is 16.8. The number of piperidine rings is 1. The quantitative estimate of drug-likeness (QED) is 0.688. The van der Waals surface area contributed by atoms with Crippen molar-refractivity contribution in [1.29, 1.82) is 0 Å². The number of halogens is 1. The lowest BCUT2D eigenvalue weighted by atomic mass is 9.99. The van der Waals surface area contributed by atoms with Crippen LogP contribution in [0.2, 0.25) is 0 Å². The fourth-order valence-corrected chi connectivity index (χ4v) is 5.00. The Kier molecular flexibility index (Phi) is 7.38. The van der Waals surface area contributed by atoms with E-state index < -0.39 is 21.8 Å². The number of carbonyl (C=O) groups is 1. The third-order valence-corrected chi connectivity index (χ3v) is 6.97.